The van der Waals surface area contributed by atoms with Gasteiger partial charge in [0.15, 0.2) is 0 Å². The third-order valence-corrected chi connectivity index (χ3v) is 15.5. The second-order valence-corrected chi connectivity index (χ2v) is 17.6. The average molecular weight is 619 g/mol. The number of pyridine rings is 1. The highest BCUT2D eigenvalue weighted by Gasteiger charge is 2.71. The van der Waals surface area contributed by atoms with Crippen LogP contribution in [-0.2, 0) is 11.8 Å². The minimum Gasteiger partial charge on any atom is -0.358 e. The smallest absolute Gasteiger partial charge is 0.320 e. The van der Waals surface area contributed by atoms with Crippen molar-refractivity contribution in [1.29, 1.82) is 0 Å². The number of para-hydroxylation sites is 1. The van der Waals surface area contributed by atoms with Gasteiger partial charge in [-0.05, 0) is 134 Å². The number of fused-ring (bicyclic) bond motifs is 10. The van der Waals surface area contributed by atoms with Crippen molar-refractivity contribution in [1.82, 2.24) is 15.3 Å². The lowest BCUT2D eigenvalue weighted by atomic mass is 9.32. The van der Waals surface area contributed by atoms with Gasteiger partial charge >= 0.3 is 6.03 Å². The molecule has 46 heavy (non-hydrogen) atoms. The first kappa shape index (κ1) is 30.3. The highest BCUT2D eigenvalue weighted by Crippen LogP contribution is 2.76. The van der Waals surface area contributed by atoms with Gasteiger partial charge in [0.1, 0.15) is 5.82 Å². The molecule has 0 saturated heterocycles. The van der Waals surface area contributed by atoms with Crippen molar-refractivity contribution >= 4 is 22.8 Å². The zero-order chi connectivity index (χ0) is 32.3. The number of hydrogen-bond donors (Lipinski definition) is 3. The van der Waals surface area contributed by atoms with Crippen LogP contribution in [0.5, 0.6) is 0 Å². The number of hydrogen-bond acceptors (Lipinski definition) is 2. The Balaban J connectivity index is 1.15. The molecule has 0 spiro atoms. The van der Waals surface area contributed by atoms with Gasteiger partial charge in [0.25, 0.3) is 0 Å². The quantitative estimate of drug-likeness (QED) is 0.256. The van der Waals surface area contributed by atoms with E-state index in [-0.39, 0.29) is 33.2 Å². The van der Waals surface area contributed by atoms with E-state index < -0.39 is 0 Å². The summed E-state index contributed by atoms with van der Waals surface area (Å²) in [4.78, 5) is 21.8. The van der Waals surface area contributed by atoms with Gasteiger partial charge in [-0.3, -0.25) is 5.32 Å². The number of allylic oxidation sites excluding steroid dienone is 1. The Morgan fingerprint density at radius 3 is 2.43 bits per heavy atom. The first-order chi connectivity index (χ1) is 21.8. The van der Waals surface area contributed by atoms with Gasteiger partial charge in [0, 0.05) is 33.7 Å². The van der Waals surface area contributed by atoms with Gasteiger partial charge in [-0.15, -0.1) is 0 Å². The molecule has 0 unspecified atom stereocenters. The predicted molar refractivity (Wildman–Crippen MR) is 188 cm³/mol. The third-order valence-electron chi connectivity index (χ3n) is 15.5. The number of nitrogens with zero attached hydrogens (tertiary/aromatic N) is 1. The lowest BCUT2D eigenvalue weighted by molar-refractivity contribution is -0.218. The molecule has 2 heterocycles. The molecule has 5 heteroatoms. The highest BCUT2D eigenvalue weighted by atomic mass is 16.2. The molecule has 4 saturated carbocycles. The molecular weight excluding hydrogens is 564 g/mol. The van der Waals surface area contributed by atoms with E-state index in [0.717, 1.165) is 19.3 Å². The molecule has 2 amide bonds. The van der Waals surface area contributed by atoms with Crippen LogP contribution in [0, 0.1) is 45.8 Å². The van der Waals surface area contributed by atoms with Gasteiger partial charge in [0.2, 0.25) is 0 Å². The third kappa shape index (κ3) is 3.92. The number of anilines is 1. The van der Waals surface area contributed by atoms with Crippen LogP contribution >= 0.6 is 0 Å². The molecule has 5 aliphatic carbocycles. The van der Waals surface area contributed by atoms with E-state index in [9.17, 15) is 4.79 Å². The Hall–Kier alpha value is -3.08. The number of H-pyrrole nitrogens is 1. The Kier molecular flexibility index (Phi) is 6.56. The molecule has 5 aliphatic rings. The number of aromatic nitrogens is 2. The average Bonchev–Trinajstić information content (AvgIpc) is 3.57. The summed E-state index contributed by atoms with van der Waals surface area (Å²) in [6, 6.07) is 14.6. The van der Waals surface area contributed by atoms with Crippen molar-refractivity contribution in [2.45, 2.75) is 110 Å². The molecule has 2 aromatic heterocycles. The molecular formula is C41H54N4O. The molecule has 0 bridgehead atoms. The lowest BCUT2D eigenvalue weighted by Gasteiger charge is -2.72. The van der Waals surface area contributed by atoms with Crippen LogP contribution in [0.3, 0.4) is 0 Å². The predicted octanol–water partition coefficient (Wildman–Crippen LogP) is 9.81. The van der Waals surface area contributed by atoms with Gasteiger partial charge in [-0.25, -0.2) is 9.78 Å². The van der Waals surface area contributed by atoms with E-state index >= 15 is 0 Å². The van der Waals surface area contributed by atoms with Crippen molar-refractivity contribution in [3.05, 3.63) is 72.1 Å². The van der Waals surface area contributed by atoms with Crippen LogP contribution in [0.1, 0.15) is 104 Å². The molecule has 0 aliphatic heterocycles. The van der Waals surface area contributed by atoms with E-state index in [1.807, 2.05) is 18.2 Å². The first-order valence-electron chi connectivity index (χ1n) is 18.1. The summed E-state index contributed by atoms with van der Waals surface area (Å²) >= 11 is 0. The summed E-state index contributed by atoms with van der Waals surface area (Å²) in [6.07, 6.45) is 12.4. The molecule has 5 nitrogen and oxygen atoms in total. The monoisotopic (exact) mass is 618 g/mol. The minimum atomic E-state index is -0.192. The summed E-state index contributed by atoms with van der Waals surface area (Å²) in [5, 5.41) is 8.10. The van der Waals surface area contributed by atoms with E-state index in [0.29, 0.717) is 35.4 Å². The molecule has 3 N–H and O–H groups in total. The maximum Gasteiger partial charge on any atom is 0.320 e. The normalized spacial score (nSPS) is 40.5. The zero-order valence-electron chi connectivity index (χ0n) is 28.9. The fraction of sp³-hybridized carbons (Fsp3) is 0.610. The van der Waals surface area contributed by atoms with Crippen molar-refractivity contribution in [3.63, 3.8) is 0 Å². The number of carbonyl (C=O) groups excluding carboxylic acids is 1. The Bertz CT molecular complexity index is 1710. The molecule has 1 aromatic carbocycles. The van der Waals surface area contributed by atoms with Gasteiger partial charge in [-0.2, -0.15) is 0 Å². The van der Waals surface area contributed by atoms with Gasteiger partial charge in [-0.1, -0.05) is 71.0 Å². The molecule has 244 valence electrons. The van der Waals surface area contributed by atoms with Crippen molar-refractivity contribution in [2.24, 2.45) is 45.8 Å². The Labute approximate surface area is 275 Å². The van der Waals surface area contributed by atoms with Crippen molar-refractivity contribution < 1.29 is 4.79 Å². The summed E-state index contributed by atoms with van der Waals surface area (Å²) in [5.41, 5.74) is 6.33. The number of aromatic amines is 1. The standard InChI is InChI=1S/C41H54N4O/c1-25(2)26-17-20-41(45-36(46)44-33-14-10-11-23-42-33)22-21-39(6)29(34(26)41)15-16-32-38(5)24-28-27-12-8-9-13-30(27)43-35(28)37(3,4)31(38)18-19-40(32,39)7/h8-14,23,26,29,31-32,34,43H,1,15-22,24H2,2-7H3,(H2,42,44,45,46)/t26-,29+,31-,32+,34+,38-,39+,40+,41-/m0/s1. The summed E-state index contributed by atoms with van der Waals surface area (Å²) in [5.74, 6) is 3.39. The maximum atomic E-state index is 13.6. The van der Waals surface area contributed by atoms with Crippen LogP contribution in [0.4, 0.5) is 10.6 Å². The zero-order valence-corrected chi connectivity index (χ0v) is 28.9. The van der Waals surface area contributed by atoms with Crippen LogP contribution < -0.4 is 10.6 Å². The molecule has 8 rings (SSSR count). The van der Waals surface area contributed by atoms with E-state index in [2.05, 4.69) is 93.0 Å². The molecule has 9 atom stereocenters. The number of nitrogens with one attached hydrogen (secondary N) is 3. The fourth-order valence-corrected chi connectivity index (χ4v) is 13.5. The topological polar surface area (TPSA) is 69.8 Å². The number of amides is 2. The first-order valence-corrected chi connectivity index (χ1v) is 18.1. The SMILES string of the molecule is C=C(C)[C@@H]1CC[C@]2(NC(=O)Nc3ccccn3)CC[C@]3(C)[C@H](CC[C@@H]4[C@@]5(C)Cc6c([nH]c7ccccc67)C(C)(C)[C@@H]5CC[C@]43C)[C@@H]12. The second kappa shape index (κ2) is 9.97. The van der Waals surface area contributed by atoms with Gasteiger partial charge < -0.3 is 10.3 Å². The largest absolute Gasteiger partial charge is 0.358 e. The van der Waals surface area contributed by atoms with Crippen LogP contribution in [0.25, 0.3) is 10.9 Å². The molecule has 0 radical (unpaired) electrons. The van der Waals surface area contributed by atoms with E-state index in [1.54, 1.807) is 11.8 Å². The van der Waals surface area contributed by atoms with Crippen molar-refractivity contribution in [2.75, 3.05) is 5.32 Å². The van der Waals surface area contributed by atoms with E-state index in [1.165, 1.54) is 60.7 Å². The van der Waals surface area contributed by atoms with Crippen molar-refractivity contribution in [3.8, 4) is 0 Å². The van der Waals surface area contributed by atoms with Crippen LogP contribution in [-0.4, -0.2) is 21.5 Å². The number of rotatable bonds is 3. The number of benzene rings is 1. The molecule has 3 aromatic rings. The number of urea groups is 1. The summed E-state index contributed by atoms with van der Waals surface area (Å²) < 4.78 is 0. The summed E-state index contributed by atoms with van der Waals surface area (Å²) in [7, 11) is 0. The van der Waals surface area contributed by atoms with Gasteiger partial charge in [0.05, 0.1) is 0 Å². The summed E-state index contributed by atoms with van der Waals surface area (Å²) in [6.45, 7) is 19.9. The number of carbonyl (C=O) groups is 1. The fourth-order valence-electron chi connectivity index (χ4n) is 13.5. The van der Waals surface area contributed by atoms with Crippen LogP contribution in [0.15, 0.2) is 60.8 Å². The lowest BCUT2D eigenvalue weighted by Crippen LogP contribution is -2.69. The van der Waals surface area contributed by atoms with Crippen LogP contribution in [0.2, 0.25) is 0 Å². The van der Waals surface area contributed by atoms with E-state index in [4.69, 9.17) is 0 Å². The second-order valence-electron chi connectivity index (χ2n) is 17.6. The Morgan fingerprint density at radius 1 is 0.891 bits per heavy atom. The minimum absolute atomic E-state index is 0.110. The molecule has 4 fully saturated rings. The maximum absolute atomic E-state index is 13.6. The highest BCUT2D eigenvalue weighted by molar-refractivity contribution is 5.89. The Morgan fingerprint density at radius 2 is 1.67 bits per heavy atom.